The van der Waals surface area contributed by atoms with Gasteiger partial charge < -0.3 is 11.1 Å². The maximum Gasteiger partial charge on any atom is 0.252 e. The lowest BCUT2D eigenvalue weighted by Crippen LogP contribution is -2.40. The van der Waals surface area contributed by atoms with Crippen molar-refractivity contribution in [1.29, 1.82) is 0 Å². The summed E-state index contributed by atoms with van der Waals surface area (Å²) in [5, 5.41) is 6.86. The molecule has 90 valence electrons. The topological polar surface area (TPSA) is 55.1 Å². The van der Waals surface area contributed by atoms with E-state index in [0.29, 0.717) is 6.54 Å². The van der Waals surface area contributed by atoms with Gasteiger partial charge in [-0.15, -0.1) is 0 Å². The van der Waals surface area contributed by atoms with Crippen LogP contribution in [0.5, 0.6) is 0 Å². The van der Waals surface area contributed by atoms with Gasteiger partial charge in [0.05, 0.1) is 5.56 Å². The molecule has 0 bridgehead atoms. The number of rotatable bonds is 6. The summed E-state index contributed by atoms with van der Waals surface area (Å²) < 4.78 is 0. The lowest BCUT2D eigenvalue weighted by atomic mass is 10.1. The van der Waals surface area contributed by atoms with Gasteiger partial charge in [-0.05, 0) is 24.3 Å². The van der Waals surface area contributed by atoms with Gasteiger partial charge in [0, 0.05) is 18.0 Å². The Morgan fingerprint density at radius 3 is 2.81 bits per heavy atom. The molecule has 1 atom stereocenters. The zero-order chi connectivity index (χ0) is 12.0. The van der Waals surface area contributed by atoms with Gasteiger partial charge in [0.15, 0.2) is 0 Å². The van der Waals surface area contributed by atoms with Gasteiger partial charge in [0.2, 0.25) is 0 Å². The monoisotopic (exact) mass is 240 g/mol. The molecule has 1 aromatic rings. The van der Waals surface area contributed by atoms with E-state index < -0.39 is 0 Å². The number of thiophene rings is 1. The van der Waals surface area contributed by atoms with Gasteiger partial charge in [-0.2, -0.15) is 11.3 Å². The van der Waals surface area contributed by atoms with Crippen LogP contribution in [0.25, 0.3) is 0 Å². The van der Waals surface area contributed by atoms with E-state index >= 15 is 0 Å². The molecule has 1 rings (SSSR count). The number of carbonyl (C=O) groups excluding carboxylic acids is 1. The third-order valence-corrected chi connectivity index (χ3v) is 3.49. The summed E-state index contributed by atoms with van der Waals surface area (Å²) in [7, 11) is 0. The third-order valence-electron chi connectivity index (χ3n) is 2.63. The van der Waals surface area contributed by atoms with E-state index in [9.17, 15) is 4.79 Å². The van der Waals surface area contributed by atoms with Crippen molar-refractivity contribution < 1.29 is 4.79 Å². The van der Waals surface area contributed by atoms with Crippen LogP contribution in [0, 0.1) is 6.92 Å². The van der Waals surface area contributed by atoms with Crippen LogP contribution in [0.15, 0.2) is 10.8 Å². The van der Waals surface area contributed by atoms with E-state index in [1.165, 1.54) is 0 Å². The molecule has 0 aromatic carbocycles. The third kappa shape index (κ3) is 3.61. The number of nitrogens with one attached hydrogen (secondary N) is 1. The van der Waals surface area contributed by atoms with Crippen molar-refractivity contribution >= 4 is 17.2 Å². The number of nitrogens with two attached hydrogens (primary N) is 1. The minimum atomic E-state index is 0.00491. The van der Waals surface area contributed by atoms with E-state index in [1.54, 1.807) is 11.3 Å². The highest BCUT2D eigenvalue weighted by Crippen LogP contribution is 2.13. The Bertz CT molecular complexity index is 336. The Morgan fingerprint density at radius 1 is 1.56 bits per heavy atom. The molecule has 1 heterocycles. The fraction of sp³-hybridized carbons (Fsp3) is 0.583. The van der Waals surface area contributed by atoms with Gasteiger partial charge in [-0.1, -0.05) is 19.8 Å². The molecule has 4 heteroatoms. The Balaban J connectivity index is 2.52. The first-order valence-electron chi connectivity index (χ1n) is 5.72. The summed E-state index contributed by atoms with van der Waals surface area (Å²) in [5.74, 6) is 0.00491. The molecule has 3 nitrogen and oxygen atoms in total. The first-order valence-corrected chi connectivity index (χ1v) is 6.67. The molecule has 0 saturated heterocycles. The van der Waals surface area contributed by atoms with E-state index in [2.05, 4.69) is 12.2 Å². The standard InChI is InChI=1S/C12H20N2OS/c1-3-4-5-10(6-13)14-12(15)11-8-16-7-9(11)2/h7-8,10H,3-6,13H2,1-2H3,(H,14,15). The second kappa shape index (κ2) is 6.66. The van der Waals surface area contributed by atoms with Crippen molar-refractivity contribution in [2.45, 2.75) is 39.2 Å². The van der Waals surface area contributed by atoms with Crippen molar-refractivity contribution in [2.75, 3.05) is 6.54 Å². The predicted octanol–water partition coefficient (Wildman–Crippen LogP) is 2.30. The Hall–Kier alpha value is -0.870. The van der Waals surface area contributed by atoms with Crippen LogP contribution in [0.1, 0.15) is 42.1 Å². The van der Waals surface area contributed by atoms with E-state index in [0.717, 1.165) is 30.4 Å². The summed E-state index contributed by atoms with van der Waals surface area (Å²) in [5.41, 5.74) is 7.45. The summed E-state index contributed by atoms with van der Waals surface area (Å²) in [6.07, 6.45) is 3.19. The minimum Gasteiger partial charge on any atom is -0.348 e. The normalized spacial score (nSPS) is 12.4. The molecular formula is C12H20N2OS. The first kappa shape index (κ1) is 13.2. The smallest absolute Gasteiger partial charge is 0.252 e. The SMILES string of the molecule is CCCCC(CN)NC(=O)c1cscc1C. The fourth-order valence-corrected chi connectivity index (χ4v) is 2.38. The molecule has 0 aliphatic carbocycles. The van der Waals surface area contributed by atoms with Gasteiger partial charge >= 0.3 is 0 Å². The summed E-state index contributed by atoms with van der Waals surface area (Å²) in [6, 6.07) is 0.103. The van der Waals surface area contributed by atoms with Crippen molar-refractivity contribution in [3.63, 3.8) is 0 Å². The van der Waals surface area contributed by atoms with Crippen LogP contribution in [-0.4, -0.2) is 18.5 Å². The van der Waals surface area contributed by atoms with Crippen LogP contribution >= 0.6 is 11.3 Å². The number of unbranched alkanes of at least 4 members (excludes halogenated alkanes) is 1. The van der Waals surface area contributed by atoms with Crippen molar-refractivity contribution in [2.24, 2.45) is 5.73 Å². The molecule has 1 unspecified atom stereocenters. The largest absolute Gasteiger partial charge is 0.348 e. The summed E-state index contributed by atoms with van der Waals surface area (Å²) in [4.78, 5) is 11.9. The van der Waals surface area contributed by atoms with Gasteiger partial charge in [0.25, 0.3) is 5.91 Å². The van der Waals surface area contributed by atoms with E-state index in [1.807, 2.05) is 17.7 Å². The average Bonchev–Trinajstić information content (AvgIpc) is 2.70. The molecule has 1 aromatic heterocycles. The highest BCUT2D eigenvalue weighted by molar-refractivity contribution is 7.08. The summed E-state index contributed by atoms with van der Waals surface area (Å²) >= 11 is 1.56. The maximum atomic E-state index is 11.9. The van der Waals surface area contributed by atoms with Gasteiger partial charge in [0.1, 0.15) is 0 Å². The highest BCUT2D eigenvalue weighted by Gasteiger charge is 2.14. The predicted molar refractivity (Wildman–Crippen MR) is 68.9 cm³/mol. The molecule has 16 heavy (non-hydrogen) atoms. The average molecular weight is 240 g/mol. The number of carbonyl (C=O) groups is 1. The Morgan fingerprint density at radius 2 is 2.31 bits per heavy atom. The van der Waals surface area contributed by atoms with Crippen LogP contribution in [0.4, 0.5) is 0 Å². The molecule has 0 fully saturated rings. The van der Waals surface area contributed by atoms with Crippen LogP contribution < -0.4 is 11.1 Å². The number of amides is 1. The lowest BCUT2D eigenvalue weighted by molar-refractivity contribution is 0.0935. The Labute approximate surface area is 101 Å². The second-order valence-electron chi connectivity index (χ2n) is 4.02. The van der Waals surface area contributed by atoms with E-state index in [4.69, 9.17) is 5.73 Å². The molecule has 0 aliphatic rings. The first-order chi connectivity index (χ1) is 7.69. The molecular weight excluding hydrogens is 220 g/mol. The quantitative estimate of drug-likeness (QED) is 0.801. The number of hydrogen-bond donors (Lipinski definition) is 2. The van der Waals surface area contributed by atoms with Crippen molar-refractivity contribution in [3.8, 4) is 0 Å². The number of hydrogen-bond acceptors (Lipinski definition) is 3. The zero-order valence-electron chi connectivity index (χ0n) is 9.95. The van der Waals surface area contributed by atoms with Crippen LogP contribution in [0.3, 0.4) is 0 Å². The maximum absolute atomic E-state index is 11.9. The van der Waals surface area contributed by atoms with Crippen LogP contribution in [-0.2, 0) is 0 Å². The number of aryl methyl sites for hydroxylation is 1. The molecule has 3 N–H and O–H groups in total. The molecule has 0 aliphatic heterocycles. The minimum absolute atomic E-state index is 0.00491. The van der Waals surface area contributed by atoms with Gasteiger partial charge in [-0.25, -0.2) is 0 Å². The van der Waals surface area contributed by atoms with Crippen molar-refractivity contribution in [1.82, 2.24) is 5.32 Å². The fourth-order valence-electron chi connectivity index (χ4n) is 1.56. The van der Waals surface area contributed by atoms with E-state index in [-0.39, 0.29) is 11.9 Å². The highest BCUT2D eigenvalue weighted by atomic mass is 32.1. The van der Waals surface area contributed by atoms with Gasteiger partial charge in [-0.3, -0.25) is 4.79 Å². The summed E-state index contributed by atoms with van der Waals surface area (Å²) in [6.45, 7) is 4.60. The lowest BCUT2D eigenvalue weighted by Gasteiger charge is -2.16. The Kier molecular flexibility index (Phi) is 5.49. The molecule has 0 radical (unpaired) electrons. The van der Waals surface area contributed by atoms with Crippen molar-refractivity contribution in [3.05, 3.63) is 21.9 Å². The molecule has 0 spiro atoms. The zero-order valence-corrected chi connectivity index (χ0v) is 10.8. The molecule has 0 saturated carbocycles. The molecule has 1 amide bonds. The van der Waals surface area contributed by atoms with Crippen LogP contribution in [0.2, 0.25) is 0 Å². The second-order valence-corrected chi connectivity index (χ2v) is 4.76.